The van der Waals surface area contributed by atoms with Crippen molar-refractivity contribution in [1.29, 1.82) is 5.26 Å². The summed E-state index contributed by atoms with van der Waals surface area (Å²) in [4.78, 5) is 8.95. The zero-order chi connectivity index (χ0) is 17.8. The van der Waals surface area contributed by atoms with Crippen LogP contribution in [0.25, 0.3) is 0 Å². The van der Waals surface area contributed by atoms with Crippen molar-refractivity contribution in [1.82, 2.24) is 9.97 Å². The third-order valence-electron chi connectivity index (χ3n) is 3.62. The monoisotopic (exact) mass is 329 g/mol. The van der Waals surface area contributed by atoms with Crippen LogP contribution < -0.4 is 10.6 Å². The molecule has 0 saturated carbocycles. The Morgan fingerprint density at radius 3 is 2.12 bits per heavy atom. The molecule has 2 N–H and O–H groups in total. The maximum Gasteiger partial charge on any atom is 0.229 e. The standard InChI is InChI=1S/C20H19N5/c1-13-8-14(2)10-18(9-13)23-19-11-15(3)22-20(25-19)24-17-6-4-16(12-21)5-7-17/h4-11H,1-3H3,(H2,22,23,24,25). The summed E-state index contributed by atoms with van der Waals surface area (Å²) in [5.41, 5.74) is 5.71. The van der Waals surface area contributed by atoms with Gasteiger partial charge < -0.3 is 10.6 Å². The predicted octanol–water partition coefficient (Wildman–Crippen LogP) is 4.76. The van der Waals surface area contributed by atoms with Crippen molar-refractivity contribution in [2.24, 2.45) is 0 Å². The fourth-order valence-electron chi connectivity index (χ4n) is 2.64. The lowest BCUT2D eigenvalue weighted by Gasteiger charge is -2.11. The number of aryl methyl sites for hydroxylation is 3. The van der Waals surface area contributed by atoms with E-state index >= 15 is 0 Å². The molecule has 0 saturated heterocycles. The lowest BCUT2D eigenvalue weighted by Crippen LogP contribution is -2.02. The Morgan fingerprint density at radius 1 is 0.800 bits per heavy atom. The second-order valence-electron chi connectivity index (χ2n) is 6.03. The smallest absolute Gasteiger partial charge is 0.229 e. The topological polar surface area (TPSA) is 73.6 Å². The van der Waals surface area contributed by atoms with Crippen molar-refractivity contribution < 1.29 is 0 Å². The summed E-state index contributed by atoms with van der Waals surface area (Å²) in [6.07, 6.45) is 0. The van der Waals surface area contributed by atoms with Gasteiger partial charge in [0, 0.05) is 23.1 Å². The summed E-state index contributed by atoms with van der Waals surface area (Å²) in [5, 5.41) is 15.4. The van der Waals surface area contributed by atoms with E-state index in [1.165, 1.54) is 11.1 Å². The minimum atomic E-state index is 0.511. The van der Waals surface area contributed by atoms with E-state index in [0.717, 1.165) is 22.9 Å². The predicted molar refractivity (Wildman–Crippen MR) is 100 cm³/mol. The van der Waals surface area contributed by atoms with Gasteiger partial charge in [-0.15, -0.1) is 0 Å². The second-order valence-corrected chi connectivity index (χ2v) is 6.03. The van der Waals surface area contributed by atoms with Gasteiger partial charge in [-0.05, 0) is 68.3 Å². The highest BCUT2D eigenvalue weighted by Crippen LogP contribution is 2.21. The minimum Gasteiger partial charge on any atom is -0.340 e. The fraction of sp³-hybridized carbons (Fsp3) is 0.150. The van der Waals surface area contributed by atoms with E-state index in [1.807, 2.05) is 25.1 Å². The number of aromatic nitrogens is 2. The number of benzene rings is 2. The minimum absolute atomic E-state index is 0.511. The van der Waals surface area contributed by atoms with Crippen LogP contribution in [-0.2, 0) is 0 Å². The number of rotatable bonds is 4. The highest BCUT2D eigenvalue weighted by Gasteiger charge is 2.05. The highest BCUT2D eigenvalue weighted by molar-refractivity contribution is 5.61. The van der Waals surface area contributed by atoms with E-state index in [0.29, 0.717) is 11.5 Å². The number of hydrogen-bond donors (Lipinski definition) is 2. The van der Waals surface area contributed by atoms with Crippen molar-refractivity contribution in [3.63, 3.8) is 0 Å². The number of anilines is 4. The average molecular weight is 329 g/mol. The van der Waals surface area contributed by atoms with E-state index < -0.39 is 0 Å². The van der Waals surface area contributed by atoms with Gasteiger partial charge in [0.05, 0.1) is 11.6 Å². The molecule has 3 rings (SSSR count). The van der Waals surface area contributed by atoms with Gasteiger partial charge in [0.15, 0.2) is 0 Å². The molecule has 3 aromatic rings. The van der Waals surface area contributed by atoms with Crippen molar-refractivity contribution in [2.45, 2.75) is 20.8 Å². The third kappa shape index (κ3) is 4.33. The number of nitrogens with one attached hydrogen (secondary N) is 2. The summed E-state index contributed by atoms with van der Waals surface area (Å²) in [6, 6.07) is 17.5. The molecule has 0 radical (unpaired) electrons. The van der Waals surface area contributed by atoms with Gasteiger partial charge in [0.2, 0.25) is 5.95 Å². The van der Waals surface area contributed by atoms with Crippen LogP contribution >= 0.6 is 0 Å². The van der Waals surface area contributed by atoms with E-state index in [9.17, 15) is 0 Å². The Morgan fingerprint density at radius 2 is 1.48 bits per heavy atom. The fourth-order valence-corrected chi connectivity index (χ4v) is 2.64. The Bertz CT molecular complexity index is 919. The highest BCUT2D eigenvalue weighted by atomic mass is 15.1. The molecule has 0 aliphatic heterocycles. The van der Waals surface area contributed by atoms with Crippen LogP contribution in [0, 0.1) is 32.1 Å². The number of nitriles is 1. The molecular weight excluding hydrogens is 310 g/mol. The molecule has 25 heavy (non-hydrogen) atoms. The first-order valence-electron chi connectivity index (χ1n) is 8.00. The Balaban J connectivity index is 1.83. The molecule has 0 spiro atoms. The van der Waals surface area contributed by atoms with Crippen LogP contribution in [0.1, 0.15) is 22.4 Å². The molecule has 0 atom stereocenters. The van der Waals surface area contributed by atoms with Gasteiger partial charge in [0.1, 0.15) is 5.82 Å². The van der Waals surface area contributed by atoms with Gasteiger partial charge in [-0.3, -0.25) is 0 Å². The lowest BCUT2D eigenvalue weighted by molar-refractivity contribution is 1.11. The maximum absolute atomic E-state index is 8.87. The van der Waals surface area contributed by atoms with Crippen LogP contribution in [0.4, 0.5) is 23.1 Å². The molecular formula is C20H19N5. The molecule has 0 unspecified atom stereocenters. The number of nitrogens with zero attached hydrogens (tertiary/aromatic N) is 3. The first kappa shape index (κ1) is 16.5. The third-order valence-corrected chi connectivity index (χ3v) is 3.62. The molecule has 124 valence electrons. The molecule has 0 amide bonds. The quantitative estimate of drug-likeness (QED) is 0.722. The summed E-state index contributed by atoms with van der Waals surface area (Å²) >= 11 is 0. The lowest BCUT2D eigenvalue weighted by atomic mass is 10.1. The van der Waals surface area contributed by atoms with Crippen LogP contribution in [0.2, 0.25) is 0 Å². The Hall–Kier alpha value is -3.39. The molecule has 0 fully saturated rings. The molecule has 1 heterocycles. The normalized spacial score (nSPS) is 10.2. The molecule has 5 heteroatoms. The zero-order valence-electron chi connectivity index (χ0n) is 14.5. The first-order chi connectivity index (χ1) is 12.0. The van der Waals surface area contributed by atoms with Gasteiger partial charge >= 0.3 is 0 Å². The van der Waals surface area contributed by atoms with Crippen molar-refractivity contribution in [2.75, 3.05) is 10.6 Å². The van der Waals surface area contributed by atoms with Gasteiger partial charge in [-0.1, -0.05) is 6.07 Å². The average Bonchev–Trinajstić information content (AvgIpc) is 2.54. The summed E-state index contributed by atoms with van der Waals surface area (Å²) < 4.78 is 0. The van der Waals surface area contributed by atoms with Gasteiger partial charge in [-0.2, -0.15) is 10.2 Å². The zero-order valence-corrected chi connectivity index (χ0v) is 14.5. The number of hydrogen-bond acceptors (Lipinski definition) is 5. The van der Waals surface area contributed by atoms with Crippen molar-refractivity contribution >= 4 is 23.1 Å². The van der Waals surface area contributed by atoms with E-state index in [2.05, 4.69) is 58.7 Å². The van der Waals surface area contributed by atoms with Crippen LogP contribution in [0.5, 0.6) is 0 Å². The maximum atomic E-state index is 8.87. The summed E-state index contributed by atoms with van der Waals surface area (Å²) in [6.45, 7) is 6.07. The Labute approximate surface area is 147 Å². The van der Waals surface area contributed by atoms with E-state index in [4.69, 9.17) is 5.26 Å². The van der Waals surface area contributed by atoms with Crippen LogP contribution in [0.15, 0.2) is 48.5 Å². The van der Waals surface area contributed by atoms with Crippen molar-refractivity contribution in [3.8, 4) is 6.07 Å². The van der Waals surface area contributed by atoms with Crippen LogP contribution in [0.3, 0.4) is 0 Å². The van der Waals surface area contributed by atoms with Gasteiger partial charge in [-0.25, -0.2) is 4.98 Å². The molecule has 1 aromatic heterocycles. The summed E-state index contributed by atoms with van der Waals surface area (Å²) in [7, 11) is 0. The van der Waals surface area contributed by atoms with E-state index in [-0.39, 0.29) is 0 Å². The second kappa shape index (κ2) is 7.02. The van der Waals surface area contributed by atoms with Gasteiger partial charge in [0.25, 0.3) is 0 Å². The Kier molecular flexibility index (Phi) is 4.62. The first-order valence-corrected chi connectivity index (χ1v) is 8.00. The molecule has 5 nitrogen and oxygen atoms in total. The van der Waals surface area contributed by atoms with Crippen LogP contribution in [-0.4, -0.2) is 9.97 Å². The largest absolute Gasteiger partial charge is 0.340 e. The molecule has 0 aliphatic carbocycles. The summed E-state index contributed by atoms with van der Waals surface area (Å²) in [5.74, 6) is 1.24. The van der Waals surface area contributed by atoms with Crippen molar-refractivity contribution in [3.05, 3.63) is 70.9 Å². The molecule has 0 aliphatic rings. The van der Waals surface area contributed by atoms with E-state index in [1.54, 1.807) is 12.1 Å². The molecule has 0 bridgehead atoms. The SMILES string of the molecule is Cc1cc(C)cc(Nc2cc(C)nc(Nc3ccc(C#N)cc3)n2)c1. The molecule has 2 aromatic carbocycles.